The molecule has 5 heteroatoms. The highest BCUT2D eigenvalue weighted by atomic mass is 32.1. The van der Waals surface area contributed by atoms with Crippen LogP contribution in [0.3, 0.4) is 0 Å². The molecule has 0 saturated heterocycles. The summed E-state index contributed by atoms with van der Waals surface area (Å²) in [4.78, 5) is 12.0. The average molecular weight is 262 g/mol. The van der Waals surface area contributed by atoms with E-state index in [4.69, 9.17) is 0 Å². The van der Waals surface area contributed by atoms with E-state index < -0.39 is 0 Å². The van der Waals surface area contributed by atoms with Crippen molar-refractivity contribution in [3.05, 3.63) is 34.8 Å². The molecule has 0 fully saturated rings. The fraction of sp³-hybridized carbons (Fsp3) is 0.385. The van der Waals surface area contributed by atoms with Crippen LogP contribution in [-0.2, 0) is 0 Å². The van der Waals surface area contributed by atoms with E-state index in [0.717, 1.165) is 18.2 Å². The first-order valence-corrected chi connectivity index (χ1v) is 6.92. The molecular weight excluding hydrogens is 244 g/mol. The fourth-order valence-electron chi connectivity index (χ4n) is 1.74. The zero-order chi connectivity index (χ0) is 13.0. The van der Waals surface area contributed by atoms with E-state index in [0.29, 0.717) is 6.04 Å². The van der Waals surface area contributed by atoms with E-state index >= 15 is 0 Å². The normalized spacial score (nSPS) is 12.2. The second kappa shape index (κ2) is 5.82. The monoisotopic (exact) mass is 262 g/mol. The lowest BCUT2D eigenvalue weighted by Crippen LogP contribution is -2.22. The van der Waals surface area contributed by atoms with Crippen LogP contribution in [0.25, 0.3) is 0 Å². The SMILES string of the molecule is CCNc1cc(N(C)C(C)c2cccs2)ncn1. The summed E-state index contributed by atoms with van der Waals surface area (Å²) in [7, 11) is 2.06. The van der Waals surface area contributed by atoms with Crippen LogP contribution >= 0.6 is 11.3 Å². The Labute approximate surface area is 112 Å². The summed E-state index contributed by atoms with van der Waals surface area (Å²) in [5, 5.41) is 5.30. The minimum absolute atomic E-state index is 0.314. The van der Waals surface area contributed by atoms with Crippen molar-refractivity contribution < 1.29 is 0 Å². The van der Waals surface area contributed by atoms with Crippen LogP contribution in [0.15, 0.2) is 29.9 Å². The van der Waals surface area contributed by atoms with Gasteiger partial charge in [0.05, 0.1) is 6.04 Å². The lowest BCUT2D eigenvalue weighted by molar-refractivity contribution is 0.740. The second-order valence-corrected chi connectivity index (χ2v) is 5.07. The first-order valence-electron chi connectivity index (χ1n) is 6.04. The van der Waals surface area contributed by atoms with E-state index in [9.17, 15) is 0 Å². The zero-order valence-corrected chi connectivity index (χ0v) is 11.7. The molecule has 1 unspecified atom stereocenters. The Kier molecular flexibility index (Phi) is 4.15. The van der Waals surface area contributed by atoms with Crippen LogP contribution in [0.4, 0.5) is 11.6 Å². The Morgan fingerprint density at radius 2 is 2.28 bits per heavy atom. The van der Waals surface area contributed by atoms with E-state index in [1.807, 2.05) is 6.07 Å². The van der Waals surface area contributed by atoms with Crippen molar-refractivity contribution in [2.75, 3.05) is 23.8 Å². The summed E-state index contributed by atoms with van der Waals surface area (Å²) in [5.74, 6) is 1.80. The molecule has 2 aromatic heterocycles. The highest BCUT2D eigenvalue weighted by Gasteiger charge is 2.14. The average Bonchev–Trinajstić information content (AvgIpc) is 2.91. The van der Waals surface area contributed by atoms with Crippen LogP contribution < -0.4 is 10.2 Å². The van der Waals surface area contributed by atoms with Gasteiger partial charge < -0.3 is 10.2 Å². The van der Waals surface area contributed by atoms with Crippen molar-refractivity contribution >= 4 is 23.0 Å². The van der Waals surface area contributed by atoms with E-state index in [-0.39, 0.29) is 0 Å². The summed E-state index contributed by atoms with van der Waals surface area (Å²) in [6.07, 6.45) is 1.60. The minimum Gasteiger partial charge on any atom is -0.370 e. The molecule has 2 aromatic rings. The van der Waals surface area contributed by atoms with Gasteiger partial charge in [-0.15, -0.1) is 11.3 Å². The van der Waals surface area contributed by atoms with Gasteiger partial charge in [-0.2, -0.15) is 0 Å². The largest absolute Gasteiger partial charge is 0.370 e. The number of rotatable bonds is 5. The van der Waals surface area contributed by atoms with Crippen molar-refractivity contribution in [1.82, 2.24) is 9.97 Å². The maximum atomic E-state index is 4.33. The van der Waals surface area contributed by atoms with Crippen LogP contribution in [0.5, 0.6) is 0 Å². The third kappa shape index (κ3) is 2.79. The third-order valence-corrected chi connectivity index (χ3v) is 3.95. The molecule has 0 radical (unpaired) electrons. The molecule has 0 spiro atoms. The number of aromatic nitrogens is 2. The highest BCUT2D eigenvalue weighted by Crippen LogP contribution is 2.27. The molecule has 0 aliphatic heterocycles. The number of hydrogen-bond acceptors (Lipinski definition) is 5. The number of nitrogens with one attached hydrogen (secondary N) is 1. The lowest BCUT2D eigenvalue weighted by Gasteiger charge is -2.25. The van der Waals surface area contributed by atoms with Gasteiger partial charge in [-0.3, -0.25) is 0 Å². The van der Waals surface area contributed by atoms with Gasteiger partial charge in [0.2, 0.25) is 0 Å². The Bertz CT molecular complexity index is 483. The summed E-state index contributed by atoms with van der Waals surface area (Å²) in [6.45, 7) is 5.10. The summed E-state index contributed by atoms with van der Waals surface area (Å²) < 4.78 is 0. The van der Waals surface area contributed by atoms with Gasteiger partial charge >= 0.3 is 0 Å². The summed E-state index contributed by atoms with van der Waals surface area (Å²) in [6, 6.07) is 6.52. The topological polar surface area (TPSA) is 41.0 Å². The Morgan fingerprint density at radius 3 is 2.94 bits per heavy atom. The molecule has 0 aromatic carbocycles. The van der Waals surface area contributed by atoms with Gasteiger partial charge in [0.25, 0.3) is 0 Å². The van der Waals surface area contributed by atoms with Gasteiger partial charge in [-0.05, 0) is 25.3 Å². The van der Waals surface area contributed by atoms with Crippen LogP contribution in [0.2, 0.25) is 0 Å². The molecule has 2 rings (SSSR count). The summed E-state index contributed by atoms with van der Waals surface area (Å²) >= 11 is 1.77. The molecule has 18 heavy (non-hydrogen) atoms. The smallest absolute Gasteiger partial charge is 0.134 e. The number of anilines is 2. The van der Waals surface area contributed by atoms with Crippen molar-refractivity contribution in [2.24, 2.45) is 0 Å². The van der Waals surface area contributed by atoms with Crippen molar-refractivity contribution in [3.8, 4) is 0 Å². The van der Waals surface area contributed by atoms with Crippen LogP contribution in [0, 0.1) is 0 Å². The standard InChI is InChI=1S/C13H18N4S/c1-4-14-12-8-13(16-9-15-12)17(3)10(2)11-6-5-7-18-11/h5-10H,4H2,1-3H3,(H,14,15,16). The van der Waals surface area contributed by atoms with Crippen LogP contribution in [0.1, 0.15) is 24.8 Å². The molecule has 2 heterocycles. The molecular formula is C13H18N4S. The Morgan fingerprint density at radius 1 is 1.44 bits per heavy atom. The molecule has 0 aliphatic rings. The molecule has 0 aliphatic carbocycles. The van der Waals surface area contributed by atoms with E-state index in [2.05, 4.69) is 58.6 Å². The van der Waals surface area contributed by atoms with Crippen molar-refractivity contribution in [3.63, 3.8) is 0 Å². The predicted octanol–water partition coefficient (Wildman–Crippen LogP) is 3.17. The predicted molar refractivity (Wildman–Crippen MR) is 77.3 cm³/mol. The molecule has 1 N–H and O–H groups in total. The van der Waals surface area contributed by atoms with Gasteiger partial charge in [-0.1, -0.05) is 6.07 Å². The molecule has 0 saturated carbocycles. The molecule has 96 valence electrons. The molecule has 1 atom stereocenters. The van der Waals surface area contributed by atoms with Crippen molar-refractivity contribution in [1.29, 1.82) is 0 Å². The number of thiophene rings is 1. The zero-order valence-electron chi connectivity index (χ0n) is 10.9. The number of nitrogens with zero attached hydrogens (tertiary/aromatic N) is 3. The van der Waals surface area contributed by atoms with Gasteiger partial charge in [0, 0.05) is 24.5 Å². The van der Waals surface area contributed by atoms with Gasteiger partial charge in [0.1, 0.15) is 18.0 Å². The van der Waals surface area contributed by atoms with E-state index in [1.165, 1.54) is 4.88 Å². The Hall–Kier alpha value is -1.62. The highest BCUT2D eigenvalue weighted by molar-refractivity contribution is 7.10. The first kappa shape index (κ1) is 12.8. The first-order chi connectivity index (χ1) is 8.72. The van der Waals surface area contributed by atoms with Gasteiger partial charge in [-0.25, -0.2) is 9.97 Å². The van der Waals surface area contributed by atoms with E-state index in [1.54, 1.807) is 17.7 Å². The summed E-state index contributed by atoms with van der Waals surface area (Å²) in [5.41, 5.74) is 0. The number of hydrogen-bond donors (Lipinski definition) is 1. The van der Waals surface area contributed by atoms with Crippen LogP contribution in [-0.4, -0.2) is 23.6 Å². The van der Waals surface area contributed by atoms with Crippen molar-refractivity contribution in [2.45, 2.75) is 19.9 Å². The minimum atomic E-state index is 0.314. The fourth-order valence-corrected chi connectivity index (χ4v) is 2.56. The quantitative estimate of drug-likeness (QED) is 0.898. The molecule has 0 amide bonds. The second-order valence-electron chi connectivity index (χ2n) is 4.09. The molecule has 4 nitrogen and oxygen atoms in total. The maximum absolute atomic E-state index is 4.33. The lowest BCUT2D eigenvalue weighted by atomic mass is 10.2. The van der Waals surface area contributed by atoms with Gasteiger partial charge in [0.15, 0.2) is 0 Å². The maximum Gasteiger partial charge on any atom is 0.134 e. The third-order valence-electron chi connectivity index (χ3n) is 2.91. The molecule has 0 bridgehead atoms. The Balaban J connectivity index is 2.17.